The van der Waals surface area contributed by atoms with E-state index in [1.54, 1.807) is 17.1 Å². The number of aldehydes is 2. The Morgan fingerprint density at radius 1 is 0.976 bits per heavy atom. The van der Waals surface area contributed by atoms with E-state index in [-0.39, 0.29) is 18.5 Å². The third-order valence-corrected chi connectivity index (χ3v) is 7.21. The van der Waals surface area contributed by atoms with Gasteiger partial charge in [0.15, 0.2) is 12.6 Å². The lowest BCUT2D eigenvalue weighted by Gasteiger charge is -2.33. The van der Waals surface area contributed by atoms with Crippen molar-refractivity contribution >= 4 is 50.9 Å². The molecule has 0 atom stereocenters. The topological polar surface area (TPSA) is 150 Å². The zero-order valence-corrected chi connectivity index (χ0v) is 26.0. The molecule has 0 saturated carbocycles. The molecule has 1 amide bonds. The lowest BCUT2D eigenvalue weighted by atomic mass is 10.2. The largest absolute Gasteiger partial charge is 0.396 e. The van der Waals surface area contributed by atoms with Gasteiger partial charge in [-0.3, -0.25) is 14.4 Å². The fourth-order valence-electron chi connectivity index (χ4n) is 3.48. The van der Waals surface area contributed by atoms with Gasteiger partial charge in [-0.05, 0) is 25.8 Å². The molecule has 4 N–H and O–H groups in total. The molecule has 1 aliphatic heterocycles. The smallest absolute Gasteiger partial charge is 0.225 e. The van der Waals surface area contributed by atoms with Crippen molar-refractivity contribution in [3.8, 4) is 0 Å². The number of rotatable bonds is 7. The number of benzene rings is 1. The number of ether oxygens (including phenoxy) is 1. The van der Waals surface area contributed by atoms with Crippen molar-refractivity contribution < 1.29 is 19.1 Å². The number of nitrogens with zero attached hydrogens (tertiary/aromatic N) is 5. The van der Waals surface area contributed by atoms with Crippen molar-refractivity contribution in [1.82, 2.24) is 24.6 Å². The van der Waals surface area contributed by atoms with Crippen LogP contribution in [-0.4, -0.2) is 107 Å². The first-order valence-electron chi connectivity index (χ1n) is 13.4. The standard InChI is InChI=1S/C12H21N5OS.C9H18N2O.C6H6.C2H2O2/c1-19(2,3)5-4-18-8-17-11-9(6-16-17)12(14)15-7-10(11)13;1-8(2)9(12)11-6-4-10(3)5-7-11;1-2-4-6-5-3-1;3-1-2-4/h6-7H,4-5,8,13H2,1-3H3,(H2,14,15);8H,4-7H2,1-3H3;1-6H;1-2H. The highest BCUT2D eigenvalue weighted by molar-refractivity contribution is 8.32. The van der Waals surface area contributed by atoms with E-state index in [2.05, 4.69) is 40.8 Å². The van der Waals surface area contributed by atoms with Gasteiger partial charge in [0, 0.05) is 37.8 Å². The number of piperazine rings is 1. The predicted octanol–water partition coefficient (Wildman–Crippen LogP) is 2.75. The van der Waals surface area contributed by atoms with Gasteiger partial charge in [-0.1, -0.05) is 50.2 Å². The molecular formula is C29H47N7O4S. The maximum Gasteiger partial charge on any atom is 0.225 e. The maximum absolute atomic E-state index is 11.5. The summed E-state index contributed by atoms with van der Waals surface area (Å²) in [5, 5.41) is 5.02. The molecule has 2 aromatic heterocycles. The second-order valence-electron chi connectivity index (χ2n) is 10.5. The van der Waals surface area contributed by atoms with Gasteiger partial charge in [-0.25, -0.2) is 19.7 Å². The average molecular weight is 590 g/mol. The summed E-state index contributed by atoms with van der Waals surface area (Å²) in [5.74, 6) is 1.96. The monoisotopic (exact) mass is 589 g/mol. The highest BCUT2D eigenvalue weighted by Crippen LogP contribution is 2.33. The van der Waals surface area contributed by atoms with Crippen LogP contribution in [0.25, 0.3) is 10.9 Å². The van der Waals surface area contributed by atoms with E-state index >= 15 is 0 Å². The number of anilines is 2. The van der Waals surface area contributed by atoms with Gasteiger partial charge in [0.2, 0.25) is 5.91 Å². The Labute approximate surface area is 245 Å². The number of amides is 1. The van der Waals surface area contributed by atoms with Gasteiger partial charge in [0.1, 0.15) is 12.5 Å². The van der Waals surface area contributed by atoms with Crippen LogP contribution in [0.15, 0.2) is 48.8 Å². The Kier molecular flexibility index (Phi) is 16.3. The molecule has 1 aromatic carbocycles. The van der Waals surface area contributed by atoms with Crippen LogP contribution in [0.4, 0.5) is 11.5 Å². The van der Waals surface area contributed by atoms with Crippen molar-refractivity contribution in [1.29, 1.82) is 0 Å². The zero-order valence-electron chi connectivity index (χ0n) is 25.2. The summed E-state index contributed by atoms with van der Waals surface area (Å²) >= 11 is 0. The minimum Gasteiger partial charge on any atom is -0.396 e. The Balaban J connectivity index is 0.000000323. The SMILES string of the molecule is CC(C)C(=O)N1CCN(C)CC1.CS(C)(C)CCOCn1ncc2c(N)ncc(N)c21.O=CC=O.c1ccccc1. The first-order chi connectivity index (χ1) is 19.4. The number of pyridine rings is 1. The summed E-state index contributed by atoms with van der Waals surface area (Å²) in [5.41, 5.74) is 13.1. The average Bonchev–Trinajstić information content (AvgIpc) is 3.40. The lowest BCUT2D eigenvalue weighted by molar-refractivity contribution is -0.136. The molecule has 4 rings (SSSR count). The van der Waals surface area contributed by atoms with Crippen LogP contribution in [0.5, 0.6) is 0 Å². The number of nitrogens with two attached hydrogens (primary N) is 2. The predicted molar refractivity (Wildman–Crippen MR) is 170 cm³/mol. The van der Waals surface area contributed by atoms with Gasteiger partial charge in [-0.2, -0.15) is 5.10 Å². The summed E-state index contributed by atoms with van der Waals surface area (Å²) in [7, 11) is 1.56. The second-order valence-corrected chi connectivity index (χ2v) is 15.1. The highest BCUT2D eigenvalue weighted by Gasteiger charge is 2.20. The molecule has 3 heterocycles. The summed E-state index contributed by atoms with van der Waals surface area (Å²) in [6.07, 6.45) is 10.4. The number of carbonyl (C=O) groups is 3. The number of carbonyl (C=O) groups excluding carboxylic acids is 3. The van der Waals surface area contributed by atoms with E-state index in [1.165, 1.54) is 0 Å². The van der Waals surface area contributed by atoms with E-state index in [1.807, 2.05) is 55.1 Å². The van der Waals surface area contributed by atoms with E-state index in [0.29, 0.717) is 24.1 Å². The molecule has 0 aliphatic carbocycles. The third kappa shape index (κ3) is 14.1. The number of hydrogen-bond acceptors (Lipinski definition) is 9. The lowest BCUT2D eigenvalue weighted by Crippen LogP contribution is -2.48. The Morgan fingerprint density at radius 3 is 1.98 bits per heavy atom. The molecule has 1 aliphatic rings. The van der Waals surface area contributed by atoms with Gasteiger partial charge < -0.3 is 26.0 Å². The molecule has 11 nitrogen and oxygen atoms in total. The molecule has 0 spiro atoms. The number of nitrogen functional groups attached to an aromatic ring is 2. The number of hydrogen-bond donors (Lipinski definition) is 2. The van der Waals surface area contributed by atoms with Gasteiger partial charge in [0.25, 0.3) is 0 Å². The Bertz CT molecular complexity index is 1140. The van der Waals surface area contributed by atoms with E-state index in [0.717, 1.165) is 49.4 Å². The van der Waals surface area contributed by atoms with Crippen LogP contribution in [0.1, 0.15) is 13.8 Å². The fourth-order valence-corrected chi connectivity index (χ4v) is 4.10. The quantitative estimate of drug-likeness (QED) is 0.241. The molecule has 1 fully saturated rings. The molecule has 228 valence electrons. The number of fused-ring (bicyclic) bond motifs is 1. The minimum absolute atomic E-state index is 0.147. The van der Waals surface area contributed by atoms with E-state index < -0.39 is 10.0 Å². The van der Waals surface area contributed by atoms with Crippen molar-refractivity contribution in [2.75, 3.05) is 75.8 Å². The van der Waals surface area contributed by atoms with Gasteiger partial charge in [-0.15, -0.1) is 0 Å². The summed E-state index contributed by atoms with van der Waals surface area (Å²) in [6, 6.07) is 12.0. The number of likely N-dealkylation sites (N-methyl/N-ethyl adjacent to an activating group) is 1. The summed E-state index contributed by atoms with van der Waals surface area (Å²) in [4.78, 5) is 37.4. The third-order valence-electron chi connectivity index (χ3n) is 5.82. The normalized spacial score (nSPS) is 13.6. The molecular weight excluding hydrogens is 542 g/mol. The number of aromatic nitrogens is 3. The van der Waals surface area contributed by atoms with Crippen molar-refractivity contribution in [3.63, 3.8) is 0 Å². The molecule has 0 bridgehead atoms. The van der Waals surface area contributed by atoms with Crippen LogP contribution in [0, 0.1) is 5.92 Å². The van der Waals surface area contributed by atoms with E-state index in [9.17, 15) is 4.79 Å². The molecule has 12 heteroatoms. The van der Waals surface area contributed by atoms with Crippen molar-refractivity contribution in [2.24, 2.45) is 5.92 Å². The van der Waals surface area contributed by atoms with Crippen LogP contribution >= 0.6 is 10.0 Å². The van der Waals surface area contributed by atoms with Crippen LogP contribution < -0.4 is 11.5 Å². The molecule has 41 heavy (non-hydrogen) atoms. The minimum atomic E-state index is -0.532. The molecule has 1 saturated heterocycles. The van der Waals surface area contributed by atoms with Crippen molar-refractivity contribution in [3.05, 3.63) is 48.8 Å². The van der Waals surface area contributed by atoms with Gasteiger partial charge >= 0.3 is 0 Å². The Morgan fingerprint density at radius 2 is 1.51 bits per heavy atom. The van der Waals surface area contributed by atoms with Crippen LogP contribution in [0.2, 0.25) is 0 Å². The molecule has 3 aromatic rings. The van der Waals surface area contributed by atoms with Crippen molar-refractivity contribution in [2.45, 2.75) is 20.6 Å². The van der Waals surface area contributed by atoms with Crippen LogP contribution in [-0.2, 0) is 25.9 Å². The van der Waals surface area contributed by atoms with Gasteiger partial charge in [0.05, 0.1) is 35.6 Å². The first kappa shape index (κ1) is 35.5. The Hall–Kier alpha value is -3.48. The zero-order chi connectivity index (χ0) is 30.8. The maximum atomic E-state index is 11.5. The first-order valence-corrected chi connectivity index (χ1v) is 16.4. The summed E-state index contributed by atoms with van der Waals surface area (Å²) in [6.45, 7) is 8.84. The summed E-state index contributed by atoms with van der Waals surface area (Å²) < 4.78 is 7.38. The molecule has 0 unspecified atom stereocenters. The fraction of sp³-hybridized carbons (Fsp3) is 0.483. The highest BCUT2D eigenvalue weighted by atomic mass is 32.3. The molecule has 0 radical (unpaired) electrons. The second kappa shape index (κ2) is 18.8. The van der Waals surface area contributed by atoms with E-state index in [4.69, 9.17) is 25.8 Å². The van der Waals surface area contributed by atoms with Crippen LogP contribution in [0.3, 0.4) is 0 Å².